The quantitative estimate of drug-likeness (QED) is 0.0354. The van der Waals surface area contributed by atoms with Gasteiger partial charge in [-0.2, -0.15) is 0 Å². The third-order valence-electron chi connectivity index (χ3n) is 14.5. The van der Waals surface area contributed by atoms with E-state index in [4.69, 9.17) is 71.4 Å². The maximum atomic E-state index is 12.9. The highest BCUT2D eigenvalue weighted by atomic mass is 16.6. The first-order valence-corrected chi connectivity index (χ1v) is 35.6. The second-order valence-corrected chi connectivity index (χ2v) is 22.8. The molecule has 0 aliphatic heterocycles. The molecule has 544 valence electrons. The van der Waals surface area contributed by atoms with Crippen molar-refractivity contribution < 1.29 is 101 Å². The number of aliphatic carboxylic acids is 2. The summed E-state index contributed by atoms with van der Waals surface area (Å²) in [5.41, 5.74) is 0. The van der Waals surface area contributed by atoms with Crippen LogP contribution >= 0.6 is 0 Å². The topological polar surface area (TPSA) is 291 Å². The Morgan fingerprint density at radius 2 is 0.630 bits per heavy atom. The lowest BCUT2D eigenvalue weighted by atomic mass is 10.1. The van der Waals surface area contributed by atoms with E-state index in [0.29, 0.717) is 178 Å². The van der Waals surface area contributed by atoms with Crippen molar-refractivity contribution in [1.29, 1.82) is 0 Å². The van der Waals surface area contributed by atoms with Gasteiger partial charge in [0, 0.05) is 52.0 Å². The first-order chi connectivity index (χ1) is 45.2. The fourth-order valence-corrected chi connectivity index (χ4v) is 9.17. The predicted molar refractivity (Wildman–Crippen MR) is 353 cm³/mol. The van der Waals surface area contributed by atoms with Crippen molar-refractivity contribution in [1.82, 2.24) is 16.0 Å². The molecule has 2 unspecified atom stereocenters. The van der Waals surface area contributed by atoms with E-state index < -0.39 is 23.9 Å². The minimum absolute atomic E-state index is 0.0202. The molecule has 5 N–H and O–H groups in total. The predicted octanol–water partition coefficient (Wildman–Crippen LogP) is 9.22. The van der Waals surface area contributed by atoms with Crippen LogP contribution in [0.1, 0.15) is 206 Å². The first kappa shape index (κ1) is 88.8. The SMILES string of the molecule is CCCCCCCCCCCCCCOCC(CNC(=O)CCC(NC(=O)CCOCCOCCOCCOCCOCCOCCOCCOCCOCCOCCOCCOCCNC(=O)CCCC(=O)O)C(=O)O)OCCCCCCCCCCCCCC. The van der Waals surface area contributed by atoms with Crippen LogP contribution in [-0.2, 0) is 90.3 Å². The molecule has 0 rings (SSSR count). The van der Waals surface area contributed by atoms with Crippen molar-refractivity contribution in [3.63, 3.8) is 0 Å². The Morgan fingerprint density at radius 3 is 0.989 bits per heavy atom. The van der Waals surface area contributed by atoms with Crippen molar-refractivity contribution in [2.24, 2.45) is 0 Å². The van der Waals surface area contributed by atoms with Gasteiger partial charge in [0.15, 0.2) is 0 Å². The molecule has 0 radical (unpaired) electrons. The molecule has 3 amide bonds. The molecule has 0 aliphatic rings. The van der Waals surface area contributed by atoms with Crippen LogP contribution in [0.5, 0.6) is 0 Å². The zero-order chi connectivity index (χ0) is 66.8. The minimum Gasteiger partial charge on any atom is -0.481 e. The van der Waals surface area contributed by atoms with E-state index in [9.17, 15) is 29.1 Å². The van der Waals surface area contributed by atoms with Crippen molar-refractivity contribution in [3.8, 4) is 0 Å². The number of amides is 3. The Labute approximate surface area is 554 Å². The van der Waals surface area contributed by atoms with Crippen molar-refractivity contribution in [2.75, 3.05) is 191 Å². The summed E-state index contributed by atoms with van der Waals surface area (Å²) in [7, 11) is 0. The van der Waals surface area contributed by atoms with Crippen LogP contribution in [0.3, 0.4) is 0 Å². The molecule has 0 saturated heterocycles. The van der Waals surface area contributed by atoms with Crippen LogP contribution in [0.15, 0.2) is 0 Å². The molecule has 0 aromatic rings. The summed E-state index contributed by atoms with van der Waals surface area (Å²) < 4.78 is 78.2. The van der Waals surface area contributed by atoms with Gasteiger partial charge in [-0.05, 0) is 25.7 Å². The second-order valence-electron chi connectivity index (χ2n) is 22.8. The van der Waals surface area contributed by atoms with Crippen LogP contribution in [-0.4, -0.2) is 243 Å². The molecule has 0 aliphatic carbocycles. The summed E-state index contributed by atoms with van der Waals surface area (Å²) in [5.74, 6) is -3.08. The molecule has 0 bridgehead atoms. The van der Waals surface area contributed by atoms with Gasteiger partial charge in [0.1, 0.15) is 6.04 Å². The molecule has 0 spiro atoms. The first-order valence-electron chi connectivity index (χ1n) is 35.6. The monoisotopic (exact) mass is 1330 g/mol. The van der Waals surface area contributed by atoms with E-state index in [1.54, 1.807) is 0 Å². The number of carbonyl (C=O) groups excluding carboxylic acids is 3. The number of hydrogen-bond acceptors (Lipinski definition) is 19. The van der Waals surface area contributed by atoms with Crippen molar-refractivity contribution >= 4 is 29.7 Å². The van der Waals surface area contributed by atoms with E-state index in [2.05, 4.69) is 29.8 Å². The molecular weight excluding hydrogens is 1190 g/mol. The molecule has 92 heavy (non-hydrogen) atoms. The minimum atomic E-state index is -1.21. The lowest BCUT2D eigenvalue weighted by Gasteiger charge is -2.19. The molecule has 0 saturated carbocycles. The highest BCUT2D eigenvalue weighted by Crippen LogP contribution is 2.14. The molecule has 0 fully saturated rings. The molecular formula is C68H131N3O21. The highest BCUT2D eigenvalue weighted by Gasteiger charge is 2.22. The van der Waals surface area contributed by atoms with Crippen LogP contribution < -0.4 is 16.0 Å². The largest absolute Gasteiger partial charge is 0.481 e. The van der Waals surface area contributed by atoms with E-state index in [1.807, 2.05) is 0 Å². The Balaban J connectivity index is 3.85. The fourth-order valence-electron chi connectivity index (χ4n) is 9.17. The summed E-state index contributed by atoms with van der Waals surface area (Å²) in [5, 5.41) is 26.5. The number of carbonyl (C=O) groups is 5. The number of carboxylic acids is 2. The van der Waals surface area contributed by atoms with E-state index >= 15 is 0 Å². The van der Waals surface area contributed by atoms with Gasteiger partial charge in [-0.1, -0.05) is 155 Å². The fraction of sp³-hybridized carbons (Fsp3) is 0.926. The average molecular weight is 1330 g/mol. The Kier molecular flexibility index (Phi) is 72.6. The molecule has 2 atom stereocenters. The van der Waals surface area contributed by atoms with Gasteiger partial charge in [-0.15, -0.1) is 0 Å². The van der Waals surface area contributed by atoms with Crippen LogP contribution in [0.2, 0.25) is 0 Å². The molecule has 24 heteroatoms. The van der Waals surface area contributed by atoms with Gasteiger partial charge >= 0.3 is 11.9 Å². The lowest BCUT2D eigenvalue weighted by molar-refractivity contribution is -0.142. The summed E-state index contributed by atoms with van der Waals surface area (Å²) in [6, 6.07) is -1.21. The number of hydrogen-bond donors (Lipinski definition) is 5. The van der Waals surface area contributed by atoms with Gasteiger partial charge in [0.25, 0.3) is 0 Å². The van der Waals surface area contributed by atoms with Crippen LogP contribution in [0.25, 0.3) is 0 Å². The van der Waals surface area contributed by atoms with Gasteiger partial charge in [0.2, 0.25) is 17.7 Å². The average Bonchev–Trinajstić information content (AvgIpc) is 3.76. The lowest BCUT2D eigenvalue weighted by Crippen LogP contribution is -2.42. The van der Waals surface area contributed by atoms with E-state index in [1.165, 1.54) is 128 Å². The number of ether oxygens (including phenoxy) is 14. The molecule has 0 heterocycles. The van der Waals surface area contributed by atoms with Crippen LogP contribution in [0, 0.1) is 0 Å². The zero-order valence-electron chi connectivity index (χ0n) is 57.5. The number of unbranched alkanes of at least 4 members (excludes halogenated alkanes) is 22. The zero-order valence-corrected chi connectivity index (χ0v) is 57.5. The van der Waals surface area contributed by atoms with Gasteiger partial charge in [-0.3, -0.25) is 19.2 Å². The van der Waals surface area contributed by atoms with Crippen molar-refractivity contribution in [3.05, 3.63) is 0 Å². The summed E-state index contributed by atoms with van der Waals surface area (Å²) in [4.78, 5) is 59.5. The van der Waals surface area contributed by atoms with E-state index in [-0.39, 0.29) is 69.8 Å². The molecule has 0 aromatic carbocycles. The molecule has 24 nitrogen and oxygen atoms in total. The summed E-state index contributed by atoms with van der Waals surface area (Å²) in [6.07, 6.45) is 30.6. The number of carboxylic acid groups (broad SMARTS) is 2. The third kappa shape index (κ3) is 72.6. The number of rotatable bonds is 79. The Bertz CT molecular complexity index is 1590. The van der Waals surface area contributed by atoms with Crippen molar-refractivity contribution in [2.45, 2.75) is 219 Å². The maximum absolute atomic E-state index is 12.9. The Morgan fingerprint density at radius 1 is 0.304 bits per heavy atom. The van der Waals surface area contributed by atoms with E-state index in [0.717, 1.165) is 25.7 Å². The van der Waals surface area contributed by atoms with Gasteiger partial charge < -0.3 is 92.5 Å². The summed E-state index contributed by atoms with van der Waals surface area (Å²) >= 11 is 0. The summed E-state index contributed by atoms with van der Waals surface area (Å²) in [6.45, 7) is 16.4. The second kappa shape index (κ2) is 75.2. The standard InChI is InChI=1S/C68H131N3O21/c1-3-5-7-9-11-13-15-17-19-21-23-25-34-91-61-62(92-35-26-24-22-20-18-16-14-12-10-8-6-4-2)60-70-65(73)31-30-63(68(77)78)71-66(74)32-36-79-38-40-81-42-44-83-46-48-85-50-52-87-54-56-89-58-59-90-57-55-88-53-51-86-49-47-84-45-43-82-41-39-80-37-33-69-64(72)28-27-29-67(75)76/h62-63H,3-61H2,1-2H3,(H,69,72)(H,70,73)(H,71,74)(H,75,76)(H,77,78). The third-order valence-corrected chi connectivity index (χ3v) is 14.5. The maximum Gasteiger partial charge on any atom is 0.326 e. The van der Waals surface area contributed by atoms with Gasteiger partial charge in [0.05, 0.1) is 171 Å². The normalized spacial score (nSPS) is 12.2. The van der Waals surface area contributed by atoms with Crippen LogP contribution in [0.4, 0.5) is 0 Å². The highest BCUT2D eigenvalue weighted by molar-refractivity contribution is 5.84. The molecule has 0 aromatic heterocycles. The number of nitrogens with one attached hydrogen (secondary N) is 3. The van der Waals surface area contributed by atoms with Gasteiger partial charge in [-0.25, -0.2) is 4.79 Å². The Hall–Kier alpha value is -3.21. The smallest absolute Gasteiger partial charge is 0.326 e.